The highest BCUT2D eigenvalue weighted by molar-refractivity contribution is 7.13. The third-order valence-electron chi connectivity index (χ3n) is 3.57. The van der Waals surface area contributed by atoms with Gasteiger partial charge in [-0.3, -0.25) is 9.80 Å². The largest absolute Gasteiger partial charge is 0.333 e. The van der Waals surface area contributed by atoms with Crippen LogP contribution < -0.4 is 16.5 Å². The van der Waals surface area contributed by atoms with Crippen molar-refractivity contribution < 1.29 is 9.59 Å². The molecule has 2 aromatic rings. The molecule has 0 fully saturated rings. The Labute approximate surface area is 145 Å². The lowest BCUT2D eigenvalue weighted by Crippen LogP contribution is -2.52. The number of carbonyl (C=O) groups is 2. The molecule has 1 heterocycles. The average Bonchev–Trinajstić information content (AvgIpc) is 3.13. The minimum absolute atomic E-state index is 0.326. The molecule has 0 saturated carbocycles. The number of hydrogen-bond acceptors (Lipinski definition) is 4. The second-order valence-electron chi connectivity index (χ2n) is 5.38. The number of urea groups is 1. The van der Waals surface area contributed by atoms with Crippen LogP contribution in [0, 0.1) is 0 Å². The van der Waals surface area contributed by atoms with Crippen LogP contribution in [0.25, 0.3) is 10.4 Å². The predicted molar refractivity (Wildman–Crippen MR) is 96.2 cm³/mol. The Morgan fingerprint density at radius 2 is 1.96 bits per heavy atom. The Morgan fingerprint density at radius 1 is 1.25 bits per heavy atom. The van der Waals surface area contributed by atoms with Crippen molar-refractivity contribution in [3.8, 4) is 10.4 Å². The fraction of sp³-hybridized carbons (Fsp3) is 0.294. The van der Waals surface area contributed by atoms with Crippen LogP contribution in [0.4, 0.5) is 4.79 Å². The molecule has 24 heavy (non-hydrogen) atoms. The minimum Gasteiger partial charge on any atom is -0.333 e. The van der Waals surface area contributed by atoms with Crippen molar-refractivity contribution in [2.45, 2.75) is 25.9 Å². The van der Waals surface area contributed by atoms with Gasteiger partial charge in [0, 0.05) is 18.5 Å². The van der Waals surface area contributed by atoms with Gasteiger partial charge < -0.3 is 11.1 Å². The maximum atomic E-state index is 11.8. The van der Waals surface area contributed by atoms with Crippen LogP contribution in [0.2, 0.25) is 0 Å². The minimum atomic E-state index is -0.611. The number of likely N-dealkylation sites (N-methyl/N-ethyl adjacent to an activating group) is 1. The molecular formula is C17H22N4O2S. The van der Waals surface area contributed by atoms with Gasteiger partial charge in [-0.05, 0) is 29.0 Å². The zero-order valence-electron chi connectivity index (χ0n) is 13.8. The van der Waals surface area contributed by atoms with E-state index in [1.807, 2.05) is 42.6 Å². The van der Waals surface area contributed by atoms with Gasteiger partial charge in [-0.15, -0.1) is 11.3 Å². The third-order valence-corrected chi connectivity index (χ3v) is 4.49. The fourth-order valence-electron chi connectivity index (χ4n) is 2.08. The number of nitrogens with one attached hydrogen (secondary N) is 2. The van der Waals surface area contributed by atoms with Gasteiger partial charge in [0.15, 0.2) is 0 Å². The van der Waals surface area contributed by atoms with Gasteiger partial charge in [-0.25, -0.2) is 10.2 Å². The van der Waals surface area contributed by atoms with Crippen LogP contribution in [0.5, 0.6) is 0 Å². The molecule has 0 saturated heterocycles. The van der Waals surface area contributed by atoms with Crippen LogP contribution >= 0.6 is 11.3 Å². The van der Waals surface area contributed by atoms with Gasteiger partial charge in [-0.2, -0.15) is 0 Å². The smallest absolute Gasteiger partial charge is 0.333 e. The first kappa shape index (κ1) is 18.0. The summed E-state index contributed by atoms with van der Waals surface area (Å²) in [5.41, 5.74) is 10.2. The number of amides is 3. The quantitative estimate of drug-likeness (QED) is 0.726. The first-order valence-corrected chi connectivity index (χ1v) is 8.59. The molecule has 128 valence electrons. The molecule has 6 nitrogen and oxygen atoms in total. The summed E-state index contributed by atoms with van der Waals surface area (Å²) in [6.07, 6.45) is 0.517. The molecule has 2 rings (SSSR count). The maximum Gasteiger partial charge on any atom is 0.333 e. The molecule has 0 unspecified atom stereocenters. The summed E-state index contributed by atoms with van der Waals surface area (Å²) in [5, 5.41) is 5.87. The van der Waals surface area contributed by atoms with Gasteiger partial charge in [0.2, 0.25) is 0 Å². The van der Waals surface area contributed by atoms with Crippen molar-refractivity contribution in [1.82, 2.24) is 15.8 Å². The highest BCUT2D eigenvalue weighted by Crippen LogP contribution is 2.24. The molecule has 0 aliphatic heterocycles. The molecule has 7 heteroatoms. The Kier molecular flexibility index (Phi) is 6.34. The van der Waals surface area contributed by atoms with E-state index in [-0.39, 0.29) is 5.91 Å². The summed E-state index contributed by atoms with van der Waals surface area (Å²) in [6.45, 7) is 2.19. The van der Waals surface area contributed by atoms with Crippen molar-refractivity contribution in [2.24, 2.45) is 5.73 Å². The lowest BCUT2D eigenvalue weighted by atomic mass is 10.1. The van der Waals surface area contributed by atoms with Crippen LogP contribution in [0.3, 0.4) is 0 Å². The predicted octanol–water partition coefficient (Wildman–Crippen LogP) is 2.33. The van der Waals surface area contributed by atoms with E-state index in [4.69, 9.17) is 5.73 Å². The molecule has 1 aromatic heterocycles. The second-order valence-corrected chi connectivity index (χ2v) is 6.33. The molecule has 1 aromatic carbocycles. The van der Waals surface area contributed by atoms with E-state index in [2.05, 4.69) is 16.8 Å². The van der Waals surface area contributed by atoms with E-state index in [1.54, 1.807) is 11.3 Å². The molecule has 0 aliphatic carbocycles. The summed E-state index contributed by atoms with van der Waals surface area (Å²) in [4.78, 5) is 24.8. The SMILES string of the molecule is CC[C@H](N)C(=O)N(C)NC(=O)NCc1ccc(-c2cccs2)cc1. The van der Waals surface area contributed by atoms with Crippen LogP contribution in [0.1, 0.15) is 18.9 Å². The number of thiophene rings is 1. The summed E-state index contributed by atoms with van der Waals surface area (Å²) in [5.74, 6) is -0.326. The fourth-order valence-corrected chi connectivity index (χ4v) is 2.82. The van der Waals surface area contributed by atoms with Crippen LogP contribution in [0.15, 0.2) is 41.8 Å². The number of benzene rings is 1. The van der Waals surface area contributed by atoms with Crippen molar-refractivity contribution in [3.05, 3.63) is 47.3 Å². The van der Waals surface area contributed by atoms with Crippen molar-refractivity contribution >= 4 is 23.3 Å². The summed E-state index contributed by atoms with van der Waals surface area (Å²) in [7, 11) is 1.48. The van der Waals surface area contributed by atoms with Crippen LogP contribution in [-0.2, 0) is 11.3 Å². The number of nitrogens with two attached hydrogens (primary N) is 1. The Bertz CT molecular complexity index is 670. The van der Waals surface area contributed by atoms with E-state index in [1.165, 1.54) is 11.9 Å². The first-order chi connectivity index (χ1) is 11.5. The zero-order chi connectivity index (χ0) is 17.5. The highest BCUT2D eigenvalue weighted by Gasteiger charge is 2.17. The monoisotopic (exact) mass is 346 g/mol. The topological polar surface area (TPSA) is 87.5 Å². The highest BCUT2D eigenvalue weighted by atomic mass is 32.1. The normalized spacial score (nSPS) is 11.6. The second kappa shape index (κ2) is 8.47. The molecule has 0 radical (unpaired) electrons. The van der Waals surface area contributed by atoms with E-state index >= 15 is 0 Å². The molecule has 0 aliphatic rings. The Hall–Kier alpha value is -2.38. The number of nitrogens with zero attached hydrogens (tertiary/aromatic N) is 1. The molecule has 0 bridgehead atoms. The van der Waals surface area contributed by atoms with Gasteiger partial charge in [0.25, 0.3) is 5.91 Å². The first-order valence-electron chi connectivity index (χ1n) is 7.71. The lowest BCUT2D eigenvalue weighted by molar-refractivity contribution is -0.133. The molecular weight excluding hydrogens is 324 g/mol. The zero-order valence-corrected chi connectivity index (χ0v) is 14.6. The lowest BCUT2D eigenvalue weighted by Gasteiger charge is -2.21. The standard InChI is InChI=1S/C17H22N4O2S/c1-3-14(18)16(22)21(2)20-17(23)19-11-12-6-8-13(9-7-12)15-5-4-10-24-15/h4-10,14H,3,11,18H2,1-2H3,(H2,19,20,23)/t14-/m0/s1. The summed E-state index contributed by atoms with van der Waals surface area (Å²) >= 11 is 1.69. The number of carbonyl (C=O) groups excluding carboxylic acids is 2. The Morgan fingerprint density at radius 3 is 2.54 bits per heavy atom. The number of hydrazine groups is 1. The van der Waals surface area contributed by atoms with Gasteiger partial charge >= 0.3 is 6.03 Å². The molecule has 3 amide bonds. The van der Waals surface area contributed by atoms with E-state index < -0.39 is 12.1 Å². The summed E-state index contributed by atoms with van der Waals surface area (Å²) in [6, 6.07) is 11.0. The van der Waals surface area contributed by atoms with E-state index in [9.17, 15) is 9.59 Å². The van der Waals surface area contributed by atoms with Crippen LogP contribution in [-0.4, -0.2) is 30.0 Å². The van der Waals surface area contributed by atoms with Gasteiger partial charge in [0.1, 0.15) is 0 Å². The molecule has 0 spiro atoms. The molecule has 4 N–H and O–H groups in total. The number of hydrogen-bond donors (Lipinski definition) is 3. The average molecular weight is 346 g/mol. The Balaban J connectivity index is 1.82. The molecule has 1 atom stereocenters. The number of rotatable bonds is 5. The summed E-state index contributed by atoms with van der Waals surface area (Å²) < 4.78 is 0. The van der Waals surface area contributed by atoms with E-state index in [0.29, 0.717) is 13.0 Å². The maximum absolute atomic E-state index is 11.8. The third kappa shape index (κ3) is 4.81. The van der Waals surface area contributed by atoms with Gasteiger partial charge in [-0.1, -0.05) is 37.3 Å². The van der Waals surface area contributed by atoms with Crippen molar-refractivity contribution in [1.29, 1.82) is 0 Å². The van der Waals surface area contributed by atoms with Crippen molar-refractivity contribution in [2.75, 3.05) is 7.05 Å². The van der Waals surface area contributed by atoms with E-state index in [0.717, 1.165) is 16.1 Å². The van der Waals surface area contributed by atoms with Crippen molar-refractivity contribution in [3.63, 3.8) is 0 Å². The van der Waals surface area contributed by atoms with Gasteiger partial charge in [0.05, 0.1) is 6.04 Å².